The molecule has 1 aromatic carbocycles. The first kappa shape index (κ1) is 24.1. The lowest BCUT2D eigenvalue weighted by atomic mass is 10.1. The van der Waals surface area contributed by atoms with Gasteiger partial charge >= 0.3 is 0 Å². The van der Waals surface area contributed by atoms with E-state index in [4.69, 9.17) is 5.73 Å². The van der Waals surface area contributed by atoms with Crippen LogP contribution in [-0.2, 0) is 9.59 Å². The number of amides is 2. The number of likely N-dealkylation sites (tertiary alicyclic amines) is 1. The molecule has 0 bridgehead atoms. The van der Waals surface area contributed by atoms with Gasteiger partial charge in [-0.15, -0.1) is 11.3 Å². The van der Waals surface area contributed by atoms with Gasteiger partial charge in [0.25, 0.3) is 11.8 Å². The number of thiazole rings is 1. The molecular formula is C23H30N6O4S. The van der Waals surface area contributed by atoms with Crippen molar-refractivity contribution >= 4 is 34.0 Å². The fourth-order valence-corrected chi connectivity index (χ4v) is 4.93. The van der Waals surface area contributed by atoms with Crippen molar-refractivity contribution in [3.63, 3.8) is 0 Å². The van der Waals surface area contributed by atoms with E-state index in [0.29, 0.717) is 23.8 Å². The number of nitrogens with two attached hydrogens (primary N) is 1. The molecule has 0 spiro atoms. The molecule has 2 amide bonds. The zero-order valence-electron chi connectivity index (χ0n) is 19.1. The normalized spacial score (nSPS) is 22.6. The molecule has 1 aromatic heterocycles. The highest BCUT2D eigenvalue weighted by Gasteiger charge is 2.41. The average Bonchev–Trinajstić information content (AvgIpc) is 3.58. The number of aliphatic hydroxyl groups is 2. The first-order valence-electron chi connectivity index (χ1n) is 11.2. The number of anilines is 2. The van der Waals surface area contributed by atoms with Crippen molar-refractivity contribution in [2.45, 2.75) is 44.6 Å². The van der Waals surface area contributed by atoms with Crippen LogP contribution in [0.3, 0.4) is 0 Å². The number of hydrogen-bond acceptors (Lipinski definition) is 9. The average molecular weight is 487 g/mol. The molecule has 2 aliphatic heterocycles. The van der Waals surface area contributed by atoms with Gasteiger partial charge in [0.15, 0.2) is 17.3 Å². The van der Waals surface area contributed by atoms with Crippen LogP contribution in [0.4, 0.5) is 10.8 Å². The van der Waals surface area contributed by atoms with Gasteiger partial charge in [0.1, 0.15) is 0 Å². The first-order chi connectivity index (χ1) is 16.2. The van der Waals surface area contributed by atoms with E-state index in [9.17, 15) is 19.8 Å². The van der Waals surface area contributed by atoms with Gasteiger partial charge in [0.05, 0.1) is 23.5 Å². The van der Waals surface area contributed by atoms with E-state index < -0.39 is 30.1 Å². The Balaban J connectivity index is 1.37. The standard InChI is InChI=1S/C23H30N6O4S/c1-13-10-18(17-12-34-23(24)27-17)28(11-13)22(33)20(31)19(30)21(32)26-14(2)15-4-6-16(7-5-15)29-9-3-8-25-29/h3-7,9,12-14,18-20,25,30-31H,8,10-11H2,1-2H3,(H2,24,27)(H,26,32)/t13-,14-,18-,19-,20-/m1/s1. The Morgan fingerprint density at radius 1 is 1.26 bits per heavy atom. The van der Waals surface area contributed by atoms with Crippen molar-refractivity contribution in [2.24, 2.45) is 5.92 Å². The number of carbonyl (C=O) groups is 2. The highest BCUT2D eigenvalue weighted by molar-refractivity contribution is 7.13. The second-order valence-corrected chi connectivity index (χ2v) is 9.68. The Labute approximate surface area is 202 Å². The number of nitrogen functional groups attached to an aromatic ring is 1. The largest absolute Gasteiger partial charge is 0.380 e. The van der Waals surface area contributed by atoms with E-state index in [-0.39, 0.29) is 12.0 Å². The van der Waals surface area contributed by atoms with Crippen LogP contribution in [0, 0.1) is 5.92 Å². The summed E-state index contributed by atoms with van der Waals surface area (Å²) >= 11 is 1.28. The summed E-state index contributed by atoms with van der Waals surface area (Å²) < 4.78 is 0. The van der Waals surface area contributed by atoms with Crippen molar-refractivity contribution in [1.82, 2.24) is 20.6 Å². The number of rotatable bonds is 7. The molecule has 11 heteroatoms. The predicted octanol–water partition coefficient (Wildman–Crippen LogP) is 1.07. The Kier molecular flexibility index (Phi) is 7.17. The van der Waals surface area contributed by atoms with Crippen LogP contribution in [0.15, 0.2) is 41.9 Å². The molecule has 5 atom stereocenters. The lowest BCUT2D eigenvalue weighted by Crippen LogP contribution is -2.51. The van der Waals surface area contributed by atoms with Crippen LogP contribution in [0.5, 0.6) is 0 Å². The number of hydrogen-bond donors (Lipinski definition) is 5. The van der Waals surface area contributed by atoms with E-state index >= 15 is 0 Å². The monoisotopic (exact) mass is 486 g/mol. The minimum atomic E-state index is -1.90. The maximum atomic E-state index is 13.0. The van der Waals surface area contributed by atoms with Crippen molar-refractivity contribution in [3.8, 4) is 0 Å². The number of aromatic nitrogens is 1. The molecule has 34 heavy (non-hydrogen) atoms. The van der Waals surface area contributed by atoms with Gasteiger partial charge in [0.2, 0.25) is 0 Å². The number of nitrogens with zero attached hydrogens (tertiary/aromatic N) is 3. The van der Waals surface area contributed by atoms with Gasteiger partial charge < -0.3 is 26.2 Å². The van der Waals surface area contributed by atoms with E-state index in [1.54, 1.807) is 12.3 Å². The van der Waals surface area contributed by atoms with Crippen molar-refractivity contribution in [3.05, 3.63) is 53.2 Å². The molecular weight excluding hydrogens is 456 g/mol. The second-order valence-electron chi connectivity index (χ2n) is 8.79. The zero-order chi connectivity index (χ0) is 24.4. The van der Waals surface area contributed by atoms with Gasteiger partial charge in [-0.25, -0.2) is 10.4 Å². The fraction of sp³-hybridized carbons (Fsp3) is 0.435. The lowest BCUT2D eigenvalue weighted by Gasteiger charge is -2.28. The lowest BCUT2D eigenvalue weighted by molar-refractivity contribution is -0.154. The Morgan fingerprint density at radius 2 is 2.00 bits per heavy atom. The summed E-state index contributed by atoms with van der Waals surface area (Å²) in [5, 5.41) is 27.8. The van der Waals surface area contributed by atoms with E-state index in [2.05, 4.69) is 15.7 Å². The van der Waals surface area contributed by atoms with Crippen LogP contribution in [0.2, 0.25) is 0 Å². The summed E-state index contributed by atoms with van der Waals surface area (Å²) in [5.41, 5.74) is 11.3. The Morgan fingerprint density at radius 3 is 2.62 bits per heavy atom. The molecule has 0 radical (unpaired) electrons. The van der Waals surface area contributed by atoms with Crippen molar-refractivity contribution in [1.29, 1.82) is 0 Å². The first-order valence-corrected chi connectivity index (χ1v) is 12.1. The number of benzene rings is 1. The van der Waals surface area contributed by atoms with Crippen molar-refractivity contribution in [2.75, 3.05) is 23.8 Å². The maximum absolute atomic E-state index is 13.0. The molecule has 1 saturated heterocycles. The van der Waals surface area contributed by atoms with E-state index in [1.807, 2.05) is 48.5 Å². The third-order valence-electron chi connectivity index (χ3n) is 6.16. The summed E-state index contributed by atoms with van der Waals surface area (Å²) in [7, 11) is 0. The number of aliphatic hydroxyl groups excluding tert-OH is 2. The van der Waals surface area contributed by atoms with Crippen LogP contribution in [-0.4, -0.2) is 57.2 Å². The Bertz CT molecular complexity index is 1060. The SMILES string of the molecule is C[C@@H]1C[C@H](c2csc(N)n2)N(C(=O)[C@H](O)[C@@H](O)C(=O)N[C@H](C)c2ccc(N3C=CCN3)cc2)C1. The number of carbonyl (C=O) groups excluding carboxylic acids is 2. The van der Waals surface area contributed by atoms with E-state index in [0.717, 1.165) is 17.8 Å². The third-order valence-corrected chi connectivity index (χ3v) is 6.85. The second kappa shape index (κ2) is 10.1. The highest BCUT2D eigenvalue weighted by Crippen LogP contribution is 2.36. The third kappa shape index (κ3) is 5.07. The molecule has 6 N–H and O–H groups in total. The summed E-state index contributed by atoms with van der Waals surface area (Å²) in [6, 6.07) is 6.79. The molecule has 182 valence electrons. The molecule has 0 aliphatic carbocycles. The molecule has 1 fully saturated rings. The van der Waals surface area contributed by atoms with Gasteiger partial charge in [-0.2, -0.15) is 0 Å². The fourth-order valence-electron chi connectivity index (χ4n) is 4.32. The highest BCUT2D eigenvalue weighted by atomic mass is 32.1. The minimum absolute atomic E-state index is 0.185. The van der Waals surface area contributed by atoms with Crippen LogP contribution in [0.25, 0.3) is 0 Å². The quantitative estimate of drug-likeness (QED) is 0.391. The molecule has 0 unspecified atom stereocenters. The summed E-state index contributed by atoms with van der Waals surface area (Å²) in [6.07, 6.45) is 0.822. The summed E-state index contributed by atoms with van der Waals surface area (Å²) in [5.74, 6) is -1.33. The van der Waals surface area contributed by atoms with Crippen LogP contribution in [0.1, 0.15) is 43.6 Å². The van der Waals surface area contributed by atoms with Crippen LogP contribution >= 0.6 is 11.3 Å². The van der Waals surface area contributed by atoms with Gasteiger partial charge in [-0.1, -0.05) is 25.1 Å². The van der Waals surface area contributed by atoms with Gasteiger partial charge in [-0.3, -0.25) is 14.6 Å². The molecule has 3 heterocycles. The van der Waals surface area contributed by atoms with Crippen LogP contribution < -0.4 is 21.5 Å². The number of hydrazine groups is 1. The minimum Gasteiger partial charge on any atom is -0.380 e. The maximum Gasteiger partial charge on any atom is 0.255 e. The van der Waals surface area contributed by atoms with Gasteiger partial charge in [-0.05, 0) is 37.0 Å². The topological polar surface area (TPSA) is 144 Å². The predicted molar refractivity (Wildman–Crippen MR) is 129 cm³/mol. The smallest absolute Gasteiger partial charge is 0.255 e. The molecule has 4 rings (SSSR count). The molecule has 0 saturated carbocycles. The molecule has 2 aromatic rings. The van der Waals surface area contributed by atoms with Gasteiger partial charge in [0, 0.05) is 24.7 Å². The van der Waals surface area contributed by atoms with E-state index in [1.165, 1.54) is 16.2 Å². The van der Waals surface area contributed by atoms with Crippen molar-refractivity contribution < 1.29 is 19.8 Å². The summed E-state index contributed by atoms with van der Waals surface area (Å²) in [6.45, 7) is 4.93. The summed E-state index contributed by atoms with van der Waals surface area (Å²) in [4.78, 5) is 31.4. The Hall–Kier alpha value is -2.99. The number of nitrogens with one attached hydrogen (secondary N) is 2. The zero-order valence-corrected chi connectivity index (χ0v) is 19.9. The molecule has 2 aliphatic rings. The molecule has 10 nitrogen and oxygen atoms in total.